The molecule has 0 unspecified atom stereocenters. The standard InChI is InChI=1S/C16H11ClO3S2/c17-22(18,19)16-11-10-15(21-16)12-6-8-14(9-7-12)20-13-4-2-1-3-5-13/h1-11H. The molecule has 0 saturated carbocycles. The highest BCUT2D eigenvalue weighted by Gasteiger charge is 2.13. The van der Waals surface area contributed by atoms with E-state index in [4.69, 9.17) is 15.4 Å². The second-order valence-corrected chi connectivity index (χ2v) is 8.37. The van der Waals surface area contributed by atoms with Gasteiger partial charge in [-0.1, -0.05) is 18.2 Å². The van der Waals surface area contributed by atoms with Gasteiger partial charge in [0, 0.05) is 15.6 Å². The zero-order valence-corrected chi connectivity index (χ0v) is 13.7. The quantitative estimate of drug-likeness (QED) is 0.612. The predicted molar refractivity (Wildman–Crippen MR) is 89.3 cm³/mol. The molecule has 0 N–H and O–H groups in total. The number of ether oxygens (including phenoxy) is 1. The van der Waals surface area contributed by atoms with E-state index in [2.05, 4.69) is 0 Å². The van der Waals surface area contributed by atoms with Gasteiger partial charge in [-0.25, -0.2) is 8.42 Å². The lowest BCUT2D eigenvalue weighted by molar-refractivity contribution is 0.483. The van der Waals surface area contributed by atoms with Crippen LogP contribution >= 0.6 is 22.0 Å². The minimum Gasteiger partial charge on any atom is -0.457 e. The highest BCUT2D eigenvalue weighted by molar-refractivity contribution is 8.15. The van der Waals surface area contributed by atoms with Crippen LogP contribution in [0.4, 0.5) is 0 Å². The van der Waals surface area contributed by atoms with E-state index in [0.29, 0.717) is 0 Å². The van der Waals surface area contributed by atoms with Crippen LogP contribution in [0.25, 0.3) is 10.4 Å². The Kier molecular flexibility index (Phi) is 4.20. The Balaban J connectivity index is 1.81. The summed E-state index contributed by atoms with van der Waals surface area (Å²) in [7, 11) is 1.66. The van der Waals surface area contributed by atoms with Crippen LogP contribution in [0.1, 0.15) is 0 Å². The van der Waals surface area contributed by atoms with Crippen molar-refractivity contribution in [1.82, 2.24) is 0 Å². The molecule has 1 aromatic heterocycles. The zero-order chi connectivity index (χ0) is 15.6. The van der Waals surface area contributed by atoms with Gasteiger partial charge in [-0.05, 0) is 54.1 Å². The summed E-state index contributed by atoms with van der Waals surface area (Å²) in [6, 6.07) is 20.2. The van der Waals surface area contributed by atoms with E-state index in [1.165, 1.54) is 6.07 Å². The molecule has 2 aromatic carbocycles. The van der Waals surface area contributed by atoms with Gasteiger partial charge in [0.1, 0.15) is 15.7 Å². The molecule has 0 aliphatic rings. The Morgan fingerprint density at radius 3 is 2.05 bits per heavy atom. The Morgan fingerprint density at radius 2 is 1.45 bits per heavy atom. The van der Waals surface area contributed by atoms with E-state index < -0.39 is 9.05 Å². The van der Waals surface area contributed by atoms with E-state index in [1.807, 2.05) is 54.6 Å². The molecule has 0 amide bonds. The Hall–Kier alpha value is -1.82. The van der Waals surface area contributed by atoms with Crippen molar-refractivity contribution in [3.63, 3.8) is 0 Å². The molecule has 6 heteroatoms. The summed E-state index contributed by atoms with van der Waals surface area (Å²) in [6.07, 6.45) is 0. The van der Waals surface area contributed by atoms with Crippen LogP contribution in [0.3, 0.4) is 0 Å². The Labute approximate surface area is 137 Å². The lowest BCUT2D eigenvalue weighted by Crippen LogP contribution is -1.83. The summed E-state index contributed by atoms with van der Waals surface area (Å²) >= 11 is 1.14. The highest BCUT2D eigenvalue weighted by atomic mass is 35.7. The van der Waals surface area contributed by atoms with Gasteiger partial charge in [-0.2, -0.15) is 0 Å². The van der Waals surface area contributed by atoms with Crippen LogP contribution < -0.4 is 4.74 Å². The van der Waals surface area contributed by atoms with Gasteiger partial charge in [0.2, 0.25) is 0 Å². The van der Waals surface area contributed by atoms with Crippen molar-refractivity contribution in [1.29, 1.82) is 0 Å². The van der Waals surface area contributed by atoms with Crippen LogP contribution in [-0.4, -0.2) is 8.42 Å². The van der Waals surface area contributed by atoms with E-state index in [0.717, 1.165) is 33.3 Å². The molecular weight excluding hydrogens is 340 g/mol. The van der Waals surface area contributed by atoms with E-state index in [-0.39, 0.29) is 4.21 Å². The number of para-hydroxylation sites is 1. The van der Waals surface area contributed by atoms with Gasteiger partial charge >= 0.3 is 0 Å². The number of thiophene rings is 1. The maximum absolute atomic E-state index is 11.3. The molecule has 0 saturated heterocycles. The summed E-state index contributed by atoms with van der Waals surface area (Å²) in [5, 5.41) is 0. The fourth-order valence-electron chi connectivity index (χ4n) is 1.92. The molecule has 3 nitrogen and oxygen atoms in total. The van der Waals surface area contributed by atoms with Crippen molar-refractivity contribution in [2.45, 2.75) is 4.21 Å². The first-order chi connectivity index (χ1) is 10.5. The van der Waals surface area contributed by atoms with Crippen molar-refractivity contribution in [2.75, 3.05) is 0 Å². The lowest BCUT2D eigenvalue weighted by atomic mass is 10.2. The van der Waals surface area contributed by atoms with Crippen molar-refractivity contribution >= 4 is 31.1 Å². The molecule has 0 spiro atoms. The number of hydrogen-bond acceptors (Lipinski definition) is 4. The number of benzene rings is 2. The maximum Gasteiger partial charge on any atom is 0.270 e. The Morgan fingerprint density at radius 1 is 0.818 bits per heavy atom. The van der Waals surface area contributed by atoms with Gasteiger partial charge in [0.15, 0.2) is 0 Å². The van der Waals surface area contributed by atoms with E-state index in [9.17, 15) is 8.42 Å². The van der Waals surface area contributed by atoms with Gasteiger partial charge in [-0.3, -0.25) is 0 Å². The van der Waals surface area contributed by atoms with E-state index >= 15 is 0 Å². The van der Waals surface area contributed by atoms with Crippen LogP contribution in [-0.2, 0) is 9.05 Å². The molecule has 0 radical (unpaired) electrons. The van der Waals surface area contributed by atoms with Gasteiger partial charge in [-0.15, -0.1) is 11.3 Å². The molecule has 3 aromatic rings. The van der Waals surface area contributed by atoms with Crippen molar-refractivity contribution in [3.05, 3.63) is 66.7 Å². The van der Waals surface area contributed by atoms with Crippen molar-refractivity contribution < 1.29 is 13.2 Å². The minimum atomic E-state index is -3.67. The molecule has 22 heavy (non-hydrogen) atoms. The monoisotopic (exact) mass is 350 g/mol. The first-order valence-electron chi connectivity index (χ1n) is 6.40. The fourth-order valence-corrected chi connectivity index (χ4v) is 4.00. The van der Waals surface area contributed by atoms with Gasteiger partial charge in [0.05, 0.1) is 0 Å². The van der Waals surface area contributed by atoms with Crippen LogP contribution in [0.5, 0.6) is 11.5 Å². The summed E-state index contributed by atoms with van der Waals surface area (Å²) < 4.78 is 28.4. The predicted octanol–water partition coefficient (Wildman–Crippen LogP) is 5.13. The van der Waals surface area contributed by atoms with Crippen molar-refractivity contribution in [3.8, 4) is 21.9 Å². The molecule has 0 aliphatic carbocycles. The smallest absolute Gasteiger partial charge is 0.270 e. The SMILES string of the molecule is O=S(=O)(Cl)c1ccc(-c2ccc(Oc3ccccc3)cc2)s1. The highest BCUT2D eigenvalue weighted by Crippen LogP contribution is 2.33. The van der Waals surface area contributed by atoms with Crippen LogP contribution in [0.2, 0.25) is 0 Å². The third-order valence-electron chi connectivity index (χ3n) is 2.94. The molecule has 0 bridgehead atoms. The second-order valence-electron chi connectivity index (χ2n) is 4.50. The molecule has 3 rings (SSSR count). The summed E-state index contributed by atoms with van der Waals surface area (Å²) in [5.41, 5.74) is 0.914. The number of hydrogen-bond donors (Lipinski definition) is 0. The van der Waals surface area contributed by atoms with Gasteiger partial charge < -0.3 is 4.74 Å². The fraction of sp³-hybridized carbons (Fsp3) is 0. The molecular formula is C16H11ClO3S2. The summed E-state index contributed by atoms with van der Waals surface area (Å²) in [5.74, 6) is 1.48. The summed E-state index contributed by atoms with van der Waals surface area (Å²) in [4.78, 5) is 0.838. The van der Waals surface area contributed by atoms with Crippen molar-refractivity contribution in [2.24, 2.45) is 0 Å². The first kappa shape index (κ1) is 15.1. The molecule has 0 fully saturated rings. The average molecular weight is 351 g/mol. The van der Waals surface area contributed by atoms with Crippen LogP contribution in [0, 0.1) is 0 Å². The molecule has 112 valence electrons. The van der Waals surface area contributed by atoms with Crippen LogP contribution in [0.15, 0.2) is 70.9 Å². The van der Waals surface area contributed by atoms with E-state index in [1.54, 1.807) is 6.07 Å². The molecule has 0 atom stereocenters. The maximum atomic E-state index is 11.3. The lowest BCUT2D eigenvalue weighted by Gasteiger charge is -2.05. The zero-order valence-electron chi connectivity index (χ0n) is 11.3. The second kappa shape index (κ2) is 6.12. The number of halogens is 1. The molecule has 1 heterocycles. The Bertz CT molecular complexity index is 869. The first-order valence-corrected chi connectivity index (χ1v) is 9.53. The van der Waals surface area contributed by atoms with Gasteiger partial charge in [0.25, 0.3) is 9.05 Å². The third kappa shape index (κ3) is 3.50. The largest absolute Gasteiger partial charge is 0.457 e. The minimum absolute atomic E-state index is 0.147. The number of rotatable bonds is 4. The topological polar surface area (TPSA) is 43.4 Å². The third-order valence-corrected chi connectivity index (χ3v) is 6.17. The summed E-state index contributed by atoms with van der Waals surface area (Å²) in [6.45, 7) is 0. The molecule has 0 aliphatic heterocycles. The normalized spacial score (nSPS) is 11.3. The average Bonchev–Trinajstić information content (AvgIpc) is 2.99.